The molecule has 0 saturated carbocycles. The number of carboxylic acids is 1. The zero-order chi connectivity index (χ0) is 13.9. The highest BCUT2D eigenvalue weighted by molar-refractivity contribution is 5.74. The molecule has 0 saturated heterocycles. The lowest BCUT2D eigenvalue weighted by atomic mass is 9.98. The second-order valence-electron chi connectivity index (χ2n) is 4.19. The molecule has 1 aromatic carbocycles. The highest BCUT2D eigenvalue weighted by atomic mass is 16.5. The van der Waals surface area contributed by atoms with Crippen molar-refractivity contribution >= 4 is 5.97 Å². The van der Waals surface area contributed by atoms with Crippen LogP contribution in [0.15, 0.2) is 6.07 Å². The van der Waals surface area contributed by atoms with Crippen LogP contribution in [0.2, 0.25) is 0 Å². The molecule has 0 bridgehead atoms. The molecule has 0 aliphatic heterocycles. The summed E-state index contributed by atoms with van der Waals surface area (Å²) in [4.78, 5) is 10.8. The van der Waals surface area contributed by atoms with E-state index in [1.165, 1.54) is 7.11 Å². The van der Waals surface area contributed by atoms with E-state index in [1.54, 1.807) is 7.11 Å². The van der Waals surface area contributed by atoms with E-state index < -0.39 is 12.0 Å². The SMILES string of the molecule is COc1c(CC(N)C(=O)O)cc(C)c(C)c1OC. The van der Waals surface area contributed by atoms with Crippen LogP contribution in [0.1, 0.15) is 16.7 Å². The van der Waals surface area contributed by atoms with Crippen LogP contribution >= 0.6 is 0 Å². The van der Waals surface area contributed by atoms with Gasteiger partial charge in [-0.05, 0) is 25.0 Å². The van der Waals surface area contributed by atoms with Crippen LogP contribution in [0.5, 0.6) is 11.5 Å². The maximum atomic E-state index is 10.8. The van der Waals surface area contributed by atoms with E-state index in [9.17, 15) is 4.79 Å². The fourth-order valence-electron chi connectivity index (χ4n) is 1.88. The molecule has 18 heavy (non-hydrogen) atoms. The van der Waals surface area contributed by atoms with Crippen LogP contribution in [-0.2, 0) is 11.2 Å². The maximum absolute atomic E-state index is 10.8. The fraction of sp³-hybridized carbons (Fsp3) is 0.462. The van der Waals surface area contributed by atoms with Gasteiger partial charge in [0.25, 0.3) is 0 Å². The molecule has 1 unspecified atom stereocenters. The zero-order valence-electron chi connectivity index (χ0n) is 11.1. The Morgan fingerprint density at radius 3 is 2.33 bits per heavy atom. The summed E-state index contributed by atoms with van der Waals surface area (Å²) in [7, 11) is 3.09. The van der Waals surface area contributed by atoms with Crippen molar-refractivity contribution in [3.8, 4) is 11.5 Å². The van der Waals surface area contributed by atoms with Gasteiger partial charge < -0.3 is 20.3 Å². The van der Waals surface area contributed by atoms with Gasteiger partial charge in [0, 0.05) is 12.0 Å². The topological polar surface area (TPSA) is 81.8 Å². The third-order valence-corrected chi connectivity index (χ3v) is 2.99. The van der Waals surface area contributed by atoms with Crippen LogP contribution in [0.4, 0.5) is 0 Å². The highest BCUT2D eigenvalue weighted by Gasteiger charge is 2.20. The normalized spacial score (nSPS) is 12.1. The second-order valence-corrected chi connectivity index (χ2v) is 4.19. The zero-order valence-corrected chi connectivity index (χ0v) is 11.1. The molecule has 1 atom stereocenters. The lowest BCUT2D eigenvalue weighted by Crippen LogP contribution is -2.32. The van der Waals surface area contributed by atoms with E-state index in [4.69, 9.17) is 20.3 Å². The molecule has 1 rings (SSSR count). The molecule has 1 aromatic rings. The van der Waals surface area contributed by atoms with Crippen LogP contribution < -0.4 is 15.2 Å². The van der Waals surface area contributed by atoms with E-state index >= 15 is 0 Å². The van der Waals surface area contributed by atoms with Gasteiger partial charge in [-0.3, -0.25) is 4.79 Å². The molecular formula is C13H19NO4. The third-order valence-electron chi connectivity index (χ3n) is 2.99. The van der Waals surface area contributed by atoms with E-state index in [1.807, 2.05) is 19.9 Å². The first-order valence-electron chi connectivity index (χ1n) is 5.61. The average molecular weight is 253 g/mol. The van der Waals surface area contributed by atoms with Crippen molar-refractivity contribution < 1.29 is 19.4 Å². The van der Waals surface area contributed by atoms with Crippen LogP contribution in [-0.4, -0.2) is 31.3 Å². The molecule has 5 nitrogen and oxygen atoms in total. The number of hydrogen-bond donors (Lipinski definition) is 2. The fourth-order valence-corrected chi connectivity index (χ4v) is 1.88. The summed E-state index contributed by atoms with van der Waals surface area (Å²) in [6.07, 6.45) is 0.204. The van der Waals surface area contributed by atoms with E-state index in [0.717, 1.165) is 16.7 Å². The van der Waals surface area contributed by atoms with Gasteiger partial charge in [0.05, 0.1) is 14.2 Å². The van der Waals surface area contributed by atoms with Gasteiger partial charge in [0.1, 0.15) is 6.04 Å². The van der Waals surface area contributed by atoms with E-state index in [-0.39, 0.29) is 6.42 Å². The standard InChI is InChI=1S/C13H19NO4/c1-7-5-9(6-10(14)13(15)16)12(18-4)11(17-3)8(7)2/h5,10H,6,14H2,1-4H3,(H,15,16). The van der Waals surface area contributed by atoms with Crippen molar-refractivity contribution in [3.63, 3.8) is 0 Å². The van der Waals surface area contributed by atoms with Gasteiger partial charge in [0.15, 0.2) is 11.5 Å². The summed E-state index contributed by atoms with van der Waals surface area (Å²) in [6.45, 7) is 3.87. The highest BCUT2D eigenvalue weighted by Crippen LogP contribution is 2.36. The Hall–Kier alpha value is -1.75. The Bertz CT molecular complexity index is 457. The van der Waals surface area contributed by atoms with Gasteiger partial charge in [-0.25, -0.2) is 0 Å². The second kappa shape index (κ2) is 5.73. The van der Waals surface area contributed by atoms with E-state index in [0.29, 0.717) is 11.5 Å². The number of aliphatic carboxylic acids is 1. The van der Waals surface area contributed by atoms with Gasteiger partial charge in [-0.2, -0.15) is 0 Å². The Labute approximate surface area is 107 Å². The first kappa shape index (κ1) is 14.3. The number of aryl methyl sites for hydroxylation is 1. The Kier molecular flexibility index (Phi) is 4.55. The minimum absolute atomic E-state index is 0.204. The molecule has 0 aromatic heterocycles. The molecule has 0 heterocycles. The van der Waals surface area contributed by atoms with Crippen molar-refractivity contribution in [2.45, 2.75) is 26.3 Å². The van der Waals surface area contributed by atoms with Gasteiger partial charge in [-0.15, -0.1) is 0 Å². The van der Waals surface area contributed by atoms with Gasteiger partial charge in [0.2, 0.25) is 0 Å². The summed E-state index contributed by atoms with van der Waals surface area (Å²) in [6, 6.07) is 0.935. The number of benzene rings is 1. The molecule has 5 heteroatoms. The largest absolute Gasteiger partial charge is 0.493 e. The average Bonchev–Trinajstić information content (AvgIpc) is 2.32. The Morgan fingerprint density at radius 1 is 1.33 bits per heavy atom. The summed E-state index contributed by atoms with van der Waals surface area (Å²) < 4.78 is 10.6. The predicted octanol–water partition coefficient (Wildman–Crippen LogP) is 1.28. The summed E-state index contributed by atoms with van der Waals surface area (Å²) >= 11 is 0. The van der Waals surface area contributed by atoms with Crippen LogP contribution in [0, 0.1) is 13.8 Å². The first-order valence-corrected chi connectivity index (χ1v) is 5.61. The van der Waals surface area contributed by atoms with Crippen molar-refractivity contribution in [3.05, 3.63) is 22.8 Å². The lowest BCUT2D eigenvalue weighted by Gasteiger charge is -2.18. The van der Waals surface area contributed by atoms with E-state index in [2.05, 4.69) is 0 Å². The molecular weight excluding hydrogens is 234 g/mol. The summed E-state index contributed by atoms with van der Waals surface area (Å²) in [5.74, 6) is 0.150. The molecule has 0 fully saturated rings. The number of hydrogen-bond acceptors (Lipinski definition) is 4. The monoisotopic (exact) mass is 253 g/mol. The lowest BCUT2D eigenvalue weighted by molar-refractivity contribution is -0.138. The number of nitrogens with two attached hydrogens (primary N) is 1. The smallest absolute Gasteiger partial charge is 0.320 e. The molecule has 100 valence electrons. The number of carboxylic acid groups (broad SMARTS) is 1. The molecule has 3 N–H and O–H groups in total. The quantitative estimate of drug-likeness (QED) is 0.826. The minimum Gasteiger partial charge on any atom is -0.493 e. The predicted molar refractivity (Wildman–Crippen MR) is 68.3 cm³/mol. The summed E-state index contributed by atoms with van der Waals surface area (Å²) in [5.41, 5.74) is 8.29. The minimum atomic E-state index is -1.03. The molecule has 0 spiro atoms. The molecule has 0 aliphatic carbocycles. The summed E-state index contributed by atoms with van der Waals surface area (Å²) in [5, 5.41) is 8.86. The number of carbonyl (C=O) groups is 1. The van der Waals surface area contributed by atoms with Crippen LogP contribution in [0.25, 0.3) is 0 Å². The molecule has 0 amide bonds. The maximum Gasteiger partial charge on any atom is 0.320 e. The third kappa shape index (κ3) is 2.73. The van der Waals surface area contributed by atoms with Crippen molar-refractivity contribution in [2.24, 2.45) is 5.73 Å². The Balaban J connectivity index is 3.26. The Morgan fingerprint density at radius 2 is 1.89 bits per heavy atom. The van der Waals surface area contributed by atoms with Crippen molar-refractivity contribution in [1.82, 2.24) is 0 Å². The molecule has 0 aliphatic rings. The van der Waals surface area contributed by atoms with Gasteiger partial charge in [-0.1, -0.05) is 6.07 Å². The first-order chi connectivity index (χ1) is 8.42. The van der Waals surface area contributed by atoms with Crippen molar-refractivity contribution in [2.75, 3.05) is 14.2 Å². The molecule has 0 radical (unpaired) electrons. The van der Waals surface area contributed by atoms with Gasteiger partial charge >= 0.3 is 5.97 Å². The number of methoxy groups -OCH3 is 2. The van der Waals surface area contributed by atoms with Crippen molar-refractivity contribution in [1.29, 1.82) is 0 Å². The van der Waals surface area contributed by atoms with Crippen LogP contribution in [0.3, 0.4) is 0 Å². The number of rotatable bonds is 5. The number of ether oxygens (including phenoxy) is 2.